The summed E-state index contributed by atoms with van der Waals surface area (Å²) in [6, 6.07) is 7.63. The van der Waals surface area contributed by atoms with Crippen LogP contribution in [0.15, 0.2) is 24.3 Å². The highest BCUT2D eigenvalue weighted by Crippen LogP contribution is 2.27. The summed E-state index contributed by atoms with van der Waals surface area (Å²) in [5, 5.41) is 5.07. The van der Waals surface area contributed by atoms with Crippen molar-refractivity contribution in [2.45, 2.75) is 12.6 Å². The highest BCUT2D eigenvalue weighted by Gasteiger charge is 2.16. The maximum Gasteiger partial charge on any atom is 0.146 e. The van der Waals surface area contributed by atoms with E-state index in [2.05, 4.69) is 5.10 Å². The van der Waals surface area contributed by atoms with Crippen LogP contribution in [0.1, 0.15) is 18.3 Å². The Morgan fingerprint density at radius 1 is 1.47 bits per heavy atom. The van der Waals surface area contributed by atoms with Crippen LogP contribution >= 0.6 is 0 Å². The molecule has 0 saturated carbocycles. The molecule has 1 atom stereocenters. The van der Waals surface area contributed by atoms with Gasteiger partial charge in [-0.25, -0.2) is 4.39 Å². The second-order valence-corrected chi connectivity index (χ2v) is 3.57. The van der Waals surface area contributed by atoms with E-state index in [9.17, 15) is 4.39 Å². The molecule has 0 saturated heterocycles. The van der Waals surface area contributed by atoms with Crippen molar-refractivity contribution in [1.29, 1.82) is 0 Å². The van der Waals surface area contributed by atoms with Gasteiger partial charge in [-0.3, -0.25) is 4.68 Å². The maximum absolute atomic E-state index is 13.7. The smallest absolute Gasteiger partial charge is 0.146 e. The maximum atomic E-state index is 13.7. The van der Waals surface area contributed by atoms with Crippen molar-refractivity contribution in [3.05, 3.63) is 30.0 Å². The van der Waals surface area contributed by atoms with Crippen molar-refractivity contribution in [3.63, 3.8) is 0 Å². The molecule has 1 aromatic heterocycles. The molecule has 0 aliphatic carbocycles. The molecule has 15 heavy (non-hydrogen) atoms. The average molecular weight is 207 g/mol. The molecule has 0 aliphatic heterocycles. The van der Waals surface area contributed by atoms with Gasteiger partial charge in [-0.15, -0.1) is 0 Å². The van der Waals surface area contributed by atoms with Crippen molar-refractivity contribution in [1.82, 2.24) is 9.78 Å². The van der Waals surface area contributed by atoms with Gasteiger partial charge < -0.3 is 5.73 Å². The molecule has 0 aliphatic rings. The third-order valence-corrected chi connectivity index (χ3v) is 2.50. The van der Waals surface area contributed by atoms with Crippen LogP contribution < -0.4 is 5.73 Å². The molecule has 1 heterocycles. The topological polar surface area (TPSA) is 43.8 Å². The summed E-state index contributed by atoms with van der Waals surface area (Å²) in [5.74, 6) is 0. The number of hydrogen-bond donors (Lipinski definition) is 1. The monoisotopic (exact) mass is 207 g/mol. The Hall–Kier alpha value is -1.42. The normalized spacial score (nSPS) is 13.3. The summed E-state index contributed by atoms with van der Waals surface area (Å²) >= 11 is 0. The fourth-order valence-corrected chi connectivity index (χ4v) is 1.76. The molecule has 0 amide bonds. The summed E-state index contributed by atoms with van der Waals surface area (Å²) in [5.41, 5.74) is 6.79. The lowest BCUT2D eigenvalue weighted by Crippen LogP contribution is -2.04. The molecule has 0 spiro atoms. The number of nitrogens with two attached hydrogens (primary N) is 1. The SMILES string of the molecule is Cn1nc(C(F)CCN)c2ccccc21. The van der Waals surface area contributed by atoms with Gasteiger partial charge in [0.05, 0.1) is 5.52 Å². The molecule has 4 heteroatoms. The van der Waals surface area contributed by atoms with Crippen molar-refractivity contribution in [2.75, 3.05) is 6.54 Å². The van der Waals surface area contributed by atoms with Crippen LogP contribution in [-0.4, -0.2) is 16.3 Å². The van der Waals surface area contributed by atoms with E-state index in [-0.39, 0.29) is 0 Å². The molecule has 0 radical (unpaired) electrons. The second-order valence-electron chi connectivity index (χ2n) is 3.57. The van der Waals surface area contributed by atoms with E-state index < -0.39 is 6.17 Å². The van der Waals surface area contributed by atoms with Crippen LogP contribution in [0.3, 0.4) is 0 Å². The Morgan fingerprint density at radius 2 is 2.20 bits per heavy atom. The number of rotatable bonds is 3. The number of halogens is 1. The fourth-order valence-electron chi connectivity index (χ4n) is 1.76. The number of para-hydroxylation sites is 1. The Bertz CT molecular complexity index is 464. The van der Waals surface area contributed by atoms with E-state index in [0.717, 1.165) is 10.9 Å². The summed E-state index contributed by atoms with van der Waals surface area (Å²) in [7, 11) is 1.82. The molecular weight excluding hydrogens is 193 g/mol. The first-order chi connectivity index (χ1) is 7.24. The molecule has 80 valence electrons. The van der Waals surface area contributed by atoms with E-state index in [1.165, 1.54) is 0 Å². The minimum atomic E-state index is -1.07. The quantitative estimate of drug-likeness (QED) is 0.835. The van der Waals surface area contributed by atoms with E-state index in [0.29, 0.717) is 18.7 Å². The molecule has 1 unspecified atom stereocenters. The van der Waals surface area contributed by atoms with Gasteiger partial charge >= 0.3 is 0 Å². The van der Waals surface area contributed by atoms with Crippen molar-refractivity contribution < 1.29 is 4.39 Å². The van der Waals surface area contributed by atoms with Crippen LogP contribution in [0, 0.1) is 0 Å². The summed E-state index contributed by atoms with van der Waals surface area (Å²) in [6.45, 7) is 0.339. The van der Waals surface area contributed by atoms with E-state index in [1.54, 1.807) is 4.68 Å². The minimum absolute atomic E-state index is 0.320. The third-order valence-electron chi connectivity index (χ3n) is 2.50. The Kier molecular flexibility index (Phi) is 2.68. The lowest BCUT2D eigenvalue weighted by Gasteiger charge is -2.02. The molecule has 1 aromatic carbocycles. The van der Waals surface area contributed by atoms with E-state index >= 15 is 0 Å². The number of aryl methyl sites for hydroxylation is 1. The first-order valence-corrected chi connectivity index (χ1v) is 5.00. The Labute approximate surface area is 87.7 Å². The molecule has 0 fully saturated rings. The van der Waals surface area contributed by atoms with Crippen molar-refractivity contribution in [2.24, 2.45) is 12.8 Å². The van der Waals surface area contributed by atoms with Gasteiger partial charge in [-0.1, -0.05) is 18.2 Å². The Balaban J connectivity index is 2.52. The fraction of sp³-hybridized carbons (Fsp3) is 0.364. The Morgan fingerprint density at radius 3 is 2.93 bits per heavy atom. The van der Waals surface area contributed by atoms with Crippen molar-refractivity contribution in [3.8, 4) is 0 Å². The zero-order valence-electron chi connectivity index (χ0n) is 8.65. The largest absolute Gasteiger partial charge is 0.330 e. The number of aromatic nitrogens is 2. The molecule has 0 bridgehead atoms. The van der Waals surface area contributed by atoms with Crippen LogP contribution in [0.2, 0.25) is 0 Å². The predicted octanol–water partition coefficient (Wildman–Crippen LogP) is 1.93. The zero-order valence-corrected chi connectivity index (χ0v) is 8.65. The lowest BCUT2D eigenvalue weighted by atomic mass is 10.1. The van der Waals surface area contributed by atoms with Gasteiger partial charge in [-0.2, -0.15) is 5.10 Å². The molecule has 2 aromatic rings. The zero-order chi connectivity index (χ0) is 10.8. The van der Waals surface area contributed by atoms with Gasteiger partial charge in [0, 0.05) is 12.4 Å². The van der Waals surface area contributed by atoms with Crippen LogP contribution in [0.25, 0.3) is 10.9 Å². The standard InChI is InChI=1S/C11H14FN3/c1-15-10-5-3-2-4-8(10)11(14-15)9(12)6-7-13/h2-5,9H,6-7,13H2,1H3. The third kappa shape index (κ3) is 1.72. The van der Waals surface area contributed by atoms with Gasteiger partial charge in [0.15, 0.2) is 0 Å². The molecule has 2 rings (SSSR count). The van der Waals surface area contributed by atoms with Gasteiger partial charge in [0.1, 0.15) is 11.9 Å². The number of nitrogens with zero attached hydrogens (tertiary/aromatic N) is 2. The average Bonchev–Trinajstić information content (AvgIpc) is 2.58. The number of hydrogen-bond acceptors (Lipinski definition) is 2. The molecule has 3 nitrogen and oxygen atoms in total. The van der Waals surface area contributed by atoms with Gasteiger partial charge in [-0.05, 0) is 19.0 Å². The molecule has 2 N–H and O–H groups in total. The minimum Gasteiger partial charge on any atom is -0.330 e. The molecular formula is C11H14FN3. The van der Waals surface area contributed by atoms with Gasteiger partial charge in [0.25, 0.3) is 0 Å². The second kappa shape index (κ2) is 3.98. The van der Waals surface area contributed by atoms with E-state index in [4.69, 9.17) is 5.73 Å². The van der Waals surface area contributed by atoms with Crippen molar-refractivity contribution >= 4 is 10.9 Å². The first-order valence-electron chi connectivity index (χ1n) is 5.00. The van der Waals surface area contributed by atoms with Gasteiger partial charge in [0.2, 0.25) is 0 Å². The number of fused-ring (bicyclic) bond motifs is 1. The highest BCUT2D eigenvalue weighted by molar-refractivity contribution is 5.82. The number of alkyl halides is 1. The van der Waals surface area contributed by atoms with Crippen LogP contribution in [-0.2, 0) is 7.05 Å². The highest BCUT2D eigenvalue weighted by atomic mass is 19.1. The van der Waals surface area contributed by atoms with Crippen LogP contribution in [0.5, 0.6) is 0 Å². The summed E-state index contributed by atoms with van der Waals surface area (Å²) in [4.78, 5) is 0. The summed E-state index contributed by atoms with van der Waals surface area (Å²) in [6.07, 6.45) is -0.748. The predicted molar refractivity (Wildman–Crippen MR) is 58.2 cm³/mol. The summed E-state index contributed by atoms with van der Waals surface area (Å²) < 4.78 is 15.4. The lowest BCUT2D eigenvalue weighted by molar-refractivity contribution is 0.320. The van der Waals surface area contributed by atoms with E-state index in [1.807, 2.05) is 31.3 Å². The number of benzene rings is 1. The van der Waals surface area contributed by atoms with Crippen LogP contribution in [0.4, 0.5) is 4.39 Å². The first kappa shape index (κ1) is 10.1.